The van der Waals surface area contributed by atoms with Crippen LogP contribution in [0.4, 0.5) is 0 Å². The Balaban J connectivity index is 1.68. The summed E-state index contributed by atoms with van der Waals surface area (Å²) in [4.78, 5) is 12.0. The fourth-order valence-corrected chi connectivity index (χ4v) is 4.90. The molecule has 78 valence electrons. The van der Waals surface area contributed by atoms with Crippen molar-refractivity contribution in [2.75, 3.05) is 0 Å². The molecule has 1 aromatic carbocycles. The number of carbonyl (C=O) groups excluding carboxylic acids is 1. The van der Waals surface area contributed by atoms with Crippen molar-refractivity contribution in [1.82, 2.24) is 0 Å². The summed E-state index contributed by atoms with van der Waals surface area (Å²) in [5.41, 5.74) is 1.22. The van der Waals surface area contributed by atoms with E-state index in [0.717, 1.165) is 12.0 Å². The van der Waals surface area contributed by atoms with Gasteiger partial charge in [0, 0.05) is 16.3 Å². The minimum absolute atomic E-state index is 0.310. The first-order valence-corrected chi connectivity index (χ1v) is 6.18. The second-order valence-corrected chi connectivity index (χ2v) is 6.83. The quantitative estimate of drug-likeness (QED) is 0.603. The van der Waals surface area contributed by atoms with Crippen LogP contribution in [0.5, 0.6) is 0 Å². The van der Waals surface area contributed by atoms with Crippen molar-refractivity contribution in [3.8, 4) is 0 Å². The van der Waals surface area contributed by atoms with Crippen molar-refractivity contribution in [1.29, 1.82) is 0 Å². The summed E-state index contributed by atoms with van der Waals surface area (Å²) in [5.74, 6) is 0.310. The first-order chi connectivity index (χ1) is 7.11. The number of Topliss-reactive ketones (excluding diaryl/α,β-unsaturated/α-hetero) is 1. The molecule has 0 amide bonds. The summed E-state index contributed by atoms with van der Waals surface area (Å²) in [5, 5.41) is 0. The van der Waals surface area contributed by atoms with Crippen LogP contribution >= 0.6 is 15.9 Å². The Labute approximate surface area is 98.0 Å². The highest BCUT2D eigenvalue weighted by Crippen LogP contribution is 2.73. The fourth-order valence-electron chi connectivity index (χ4n) is 3.12. The van der Waals surface area contributed by atoms with Gasteiger partial charge in [-0.2, -0.15) is 0 Å². The average Bonchev–Trinajstić information content (AvgIpc) is 2.15. The van der Waals surface area contributed by atoms with Crippen molar-refractivity contribution in [2.24, 2.45) is 5.41 Å². The van der Waals surface area contributed by atoms with Crippen LogP contribution in [-0.4, -0.2) is 10.1 Å². The third-order valence-electron chi connectivity index (χ3n) is 3.71. The van der Waals surface area contributed by atoms with Crippen molar-refractivity contribution in [3.05, 3.63) is 35.9 Å². The Bertz CT molecular complexity index is 390. The van der Waals surface area contributed by atoms with Crippen molar-refractivity contribution in [3.63, 3.8) is 0 Å². The average molecular weight is 265 g/mol. The molecule has 2 bridgehead atoms. The van der Waals surface area contributed by atoms with Gasteiger partial charge in [0.1, 0.15) is 0 Å². The fraction of sp³-hybridized carbons (Fsp3) is 0.462. The molecule has 0 atom stereocenters. The summed E-state index contributed by atoms with van der Waals surface area (Å²) < 4.78 is 0.421. The highest BCUT2D eigenvalue weighted by atomic mass is 79.9. The SMILES string of the molecule is O=C(CC12CC(Br)(C1)C2)c1ccccc1. The molecule has 3 saturated carbocycles. The topological polar surface area (TPSA) is 17.1 Å². The Morgan fingerprint density at radius 1 is 1.20 bits per heavy atom. The van der Waals surface area contributed by atoms with E-state index in [4.69, 9.17) is 0 Å². The van der Waals surface area contributed by atoms with E-state index in [0.29, 0.717) is 15.5 Å². The van der Waals surface area contributed by atoms with Gasteiger partial charge in [-0.05, 0) is 24.7 Å². The zero-order valence-corrected chi connectivity index (χ0v) is 10.1. The van der Waals surface area contributed by atoms with Crippen LogP contribution in [0, 0.1) is 5.41 Å². The summed E-state index contributed by atoms with van der Waals surface area (Å²) >= 11 is 3.70. The van der Waals surface area contributed by atoms with E-state index in [9.17, 15) is 4.79 Å². The summed E-state index contributed by atoms with van der Waals surface area (Å²) in [6.45, 7) is 0. The maximum Gasteiger partial charge on any atom is 0.163 e. The Kier molecular flexibility index (Phi) is 1.88. The van der Waals surface area contributed by atoms with Crippen LogP contribution in [0.1, 0.15) is 36.0 Å². The van der Waals surface area contributed by atoms with Crippen LogP contribution in [0.25, 0.3) is 0 Å². The molecule has 1 aromatic rings. The van der Waals surface area contributed by atoms with Crippen LogP contribution in [-0.2, 0) is 0 Å². The molecule has 15 heavy (non-hydrogen) atoms. The van der Waals surface area contributed by atoms with Crippen molar-refractivity contribution in [2.45, 2.75) is 30.0 Å². The van der Waals surface area contributed by atoms with Crippen LogP contribution < -0.4 is 0 Å². The molecule has 1 nitrogen and oxygen atoms in total. The van der Waals surface area contributed by atoms with Gasteiger partial charge in [0.2, 0.25) is 0 Å². The standard InChI is InChI=1S/C13H13BrO/c14-13-7-12(8-13,9-13)6-11(15)10-4-2-1-3-5-10/h1-5H,6-9H2. The maximum atomic E-state index is 12.0. The summed E-state index contributed by atoms with van der Waals surface area (Å²) in [6, 6.07) is 9.64. The molecule has 0 saturated heterocycles. The van der Waals surface area contributed by atoms with E-state index >= 15 is 0 Å². The number of hydrogen-bond acceptors (Lipinski definition) is 1. The normalized spacial score (nSPS) is 36.6. The van der Waals surface area contributed by atoms with Gasteiger partial charge < -0.3 is 0 Å². The Morgan fingerprint density at radius 2 is 1.80 bits per heavy atom. The number of hydrogen-bond donors (Lipinski definition) is 0. The van der Waals surface area contributed by atoms with E-state index in [1.165, 1.54) is 19.3 Å². The van der Waals surface area contributed by atoms with Gasteiger partial charge >= 0.3 is 0 Å². The lowest BCUT2D eigenvalue weighted by Gasteiger charge is -2.68. The van der Waals surface area contributed by atoms with Gasteiger partial charge in [-0.15, -0.1) is 0 Å². The predicted molar refractivity (Wildman–Crippen MR) is 63.3 cm³/mol. The minimum Gasteiger partial charge on any atom is -0.294 e. The van der Waals surface area contributed by atoms with Gasteiger partial charge in [0.05, 0.1) is 0 Å². The molecule has 0 N–H and O–H groups in total. The van der Waals surface area contributed by atoms with Gasteiger partial charge in [-0.1, -0.05) is 46.3 Å². The van der Waals surface area contributed by atoms with E-state index in [1.54, 1.807) is 0 Å². The predicted octanol–water partition coefficient (Wildman–Crippen LogP) is 3.58. The lowest BCUT2D eigenvalue weighted by Crippen LogP contribution is -2.63. The Hall–Kier alpha value is -0.630. The molecule has 4 rings (SSSR count). The largest absolute Gasteiger partial charge is 0.294 e. The summed E-state index contributed by atoms with van der Waals surface area (Å²) in [7, 11) is 0. The monoisotopic (exact) mass is 264 g/mol. The molecule has 0 unspecified atom stereocenters. The molecular weight excluding hydrogens is 252 g/mol. The molecular formula is C13H13BrO. The molecule has 0 heterocycles. The second kappa shape index (κ2) is 2.94. The van der Waals surface area contributed by atoms with Crippen molar-refractivity contribution >= 4 is 21.7 Å². The minimum atomic E-state index is 0.310. The lowest BCUT2D eigenvalue weighted by molar-refractivity contribution is -0.0683. The molecule has 0 aliphatic heterocycles. The molecule has 0 radical (unpaired) electrons. The highest BCUT2D eigenvalue weighted by molar-refractivity contribution is 9.10. The van der Waals surface area contributed by atoms with E-state index in [-0.39, 0.29) is 0 Å². The number of benzene rings is 1. The number of rotatable bonds is 3. The van der Waals surface area contributed by atoms with Gasteiger partial charge in [-0.25, -0.2) is 0 Å². The third kappa shape index (κ3) is 1.46. The number of ketones is 1. The number of carbonyl (C=O) groups is 1. The maximum absolute atomic E-state index is 12.0. The molecule has 2 heteroatoms. The number of alkyl halides is 1. The zero-order chi connectivity index (χ0) is 10.5. The Morgan fingerprint density at radius 3 is 2.33 bits per heavy atom. The first-order valence-electron chi connectivity index (χ1n) is 5.38. The lowest BCUT2D eigenvalue weighted by atomic mass is 9.42. The molecule has 3 fully saturated rings. The summed E-state index contributed by atoms with van der Waals surface area (Å²) in [6.07, 6.45) is 4.32. The third-order valence-corrected chi connectivity index (χ3v) is 4.55. The van der Waals surface area contributed by atoms with Gasteiger partial charge in [-0.3, -0.25) is 4.79 Å². The first kappa shape index (κ1) is 9.59. The molecule has 0 spiro atoms. The van der Waals surface area contributed by atoms with Gasteiger partial charge in [0.25, 0.3) is 0 Å². The second-order valence-electron chi connectivity index (χ2n) is 5.15. The van der Waals surface area contributed by atoms with Crippen molar-refractivity contribution < 1.29 is 4.79 Å². The van der Waals surface area contributed by atoms with E-state index in [1.807, 2.05) is 30.3 Å². The van der Waals surface area contributed by atoms with E-state index in [2.05, 4.69) is 15.9 Å². The van der Waals surface area contributed by atoms with Crippen LogP contribution in [0.2, 0.25) is 0 Å². The molecule has 3 aliphatic rings. The van der Waals surface area contributed by atoms with E-state index < -0.39 is 0 Å². The van der Waals surface area contributed by atoms with Crippen LogP contribution in [0.15, 0.2) is 30.3 Å². The molecule has 3 aliphatic carbocycles. The smallest absolute Gasteiger partial charge is 0.163 e. The van der Waals surface area contributed by atoms with Gasteiger partial charge in [0.15, 0.2) is 5.78 Å². The van der Waals surface area contributed by atoms with Crippen LogP contribution in [0.3, 0.4) is 0 Å². The molecule has 0 aromatic heterocycles. The zero-order valence-electron chi connectivity index (χ0n) is 8.50. The highest BCUT2D eigenvalue weighted by Gasteiger charge is 2.66. The number of halogens is 1.